The monoisotopic (exact) mass is 694 g/mol. The summed E-state index contributed by atoms with van der Waals surface area (Å²) in [5.41, 5.74) is 6.01. The van der Waals surface area contributed by atoms with E-state index in [1.54, 1.807) is 9.80 Å². The van der Waals surface area contributed by atoms with E-state index in [1.807, 2.05) is 65.9 Å². The van der Waals surface area contributed by atoms with Crippen LogP contribution in [-0.2, 0) is 27.1 Å². The number of amides is 2. The minimum atomic E-state index is -0.634. The number of carbonyl (C=O) groups is 4. The molecule has 4 aliphatic rings. The van der Waals surface area contributed by atoms with Crippen LogP contribution in [0, 0.1) is 5.92 Å². The topological polar surface area (TPSA) is 122 Å². The van der Waals surface area contributed by atoms with Gasteiger partial charge in [-0.1, -0.05) is 24.3 Å². The smallest absolute Gasteiger partial charge is 0.411 e. The highest BCUT2D eigenvalue weighted by Gasteiger charge is 2.52. The Morgan fingerprint density at radius 2 is 1.53 bits per heavy atom. The van der Waals surface area contributed by atoms with Gasteiger partial charge in [0.05, 0.1) is 24.0 Å². The van der Waals surface area contributed by atoms with E-state index in [9.17, 15) is 19.2 Å². The predicted octanol–water partition coefficient (Wildman–Crippen LogP) is 8.23. The number of piperidine rings is 1. The third-order valence-electron chi connectivity index (χ3n) is 10.7. The highest BCUT2D eigenvalue weighted by atomic mass is 16.6. The summed E-state index contributed by atoms with van der Waals surface area (Å²) in [5, 5.41) is 0. The SMILES string of the molecule is CC(C)(C)OC(=O)N1CCC[C@H]1c1ncc(-c2ccc3c(c2)CCc2cc(C(=O)CCC(=O)[C@@H]4[C@H]5CC[C@H](C5)N4C(=O)OC(C)(C)C)ccc2-3)[nH]1. The molecule has 1 N–H and O–H groups in total. The second-order valence-corrected chi connectivity index (χ2v) is 16.7. The molecule has 2 aliphatic heterocycles. The first-order chi connectivity index (χ1) is 24.1. The van der Waals surface area contributed by atoms with Crippen LogP contribution in [0.15, 0.2) is 42.6 Å². The van der Waals surface area contributed by atoms with Crippen molar-refractivity contribution in [1.29, 1.82) is 0 Å². The molecular formula is C41H50N4O6. The Kier molecular flexibility index (Phi) is 9.08. The number of benzene rings is 2. The molecule has 1 saturated carbocycles. The number of Topliss-reactive ketones (excluding diaryl/α,β-unsaturated/α-hetero) is 2. The zero-order valence-corrected chi connectivity index (χ0v) is 30.7. The molecule has 2 bridgehead atoms. The second-order valence-electron chi connectivity index (χ2n) is 16.7. The lowest BCUT2D eigenvalue weighted by molar-refractivity contribution is -0.125. The average Bonchev–Trinajstić information content (AvgIpc) is 3.89. The lowest BCUT2D eigenvalue weighted by Gasteiger charge is -2.35. The number of nitrogens with zero attached hydrogens (tertiary/aromatic N) is 3. The van der Waals surface area contributed by atoms with Gasteiger partial charge in [0.25, 0.3) is 0 Å². The third-order valence-corrected chi connectivity index (χ3v) is 10.7. The van der Waals surface area contributed by atoms with Gasteiger partial charge in [0.1, 0.15) is 17.0 Å². The van der Waals surface area contributed by atoms with Crippen LogP contribution in [-0.4, -0.2) is 73.4 Å². The van der Waals surface area contributed by atoms with E-state index in [-0.39, 0.29) is 48.5 Å². The fraction of sp³-hybridized carbons (Fsp3) is 0.537. The molecule has 4 atom stereocenters. The molecule has 10 heteroatoms. The van der Waals surface area contributed by atoms with E-state index in [0.29, 0.717) is 12.1 Å². The molecule has 2 aromatic carbocycles. The number of aromatic nitrogens is 2. The third kappa shape index (κ3) is 7.19. The minimum Gasteiger partial charge on any atom is -0.444 e. The summed E-state index contributed by atoms with van der Waals surface area (Å²) in [4.78, 5) is 64.3. The van der Waals surface area contributed by atoms with Gasteiger partial charge in [-0.05, 0) is 132 Å². The van der Waals surface area contributed by atoms with Crippen LogP contribution in [0.25, 0.3) is 22.4 Å². The molecule has 3 heterocycles. The quantitative estimate of drug-likeness (QED) is 0.247. The summed E-state index contributed by atoms with van der Waals surface area (Å²) in [7, 11) is 0. The molecule has 10 nitrogen and oxygen atoms in total. The number of fused-ring (bicyclic) bond motifs is 5. The van der Waals surface area contributed by atoms with Crippen molar-refractivity contribution in [3.05, 3.63) is 65.1 Å². The first-order valence-corrected chi connectivity index (χ1v) is 18.5. The number of ketones is 2. The summed E-state index contributed by atoms with van der Waals surface area (Å²) in [6, 6.07) is 11.7. The van der Waals surface area contributed by atoms with Crippen LogP contribution in [0.2, 0.25) is 0 Å². The van der Waals surface area contributed by atoms with Crippen molar-refractivity contribution in [2.45, 2.75) is 129 Å². The number of nitrogens with one attached hydrogen (secondary N) is 1. The molecule has 1 aromatic heterocycles. The summed E-state index contributed by atoms with van der Waals surface area (Å²) in [6.45, 7) is 11.8. The Morgan fingerprint density at radius 3 is 2.25 bits per heavy atom. The zero-order valence-electron chi connectivity index (χ0n) is 30.7. The normalized spacial score (nSPS) is 22.5. The average molecular weight is 695 g/mol. The Balaban J connectivity index is 1.00. The standard InChI is InChI=1S/C41H50N4O6/c1-40(2,3)50-38(48)44-19-7-8-33(44)37-42-23-32(43-37)26-12-15-30-24(20-26)9-10-25-21-27(13-16-31(25)30)34(46)17-18-35(47)36-28-11-14-29(22-28)45(36)39(49)51-41(4,5)6/h12-13,15-16,20-21,23,28-29,33,36H,7-11,14,17-19,22H2,1-6H3,(H,42,43)/t28-,29+,33-,36-/m0/s1. The summed E-state index contributed by atoms with van der Waals surface area (Å²) in [6.07, 6.45) is 7.39. The fourth-order valence-corrected chi connectivity index (χ4v) is 8.49. The van der Waals surface area contributed by atoms with Gasteiger partial charge in [0.2, 0.25) is 0 Å². The molecule has 270 valence electrons. The molecule has 2 amide bonds. The summed E-state index contributed by atoms with van der Waals surface area (Å²) < 4.78 is 11.3. The van der Waals surface area contributed by atoms with Crippen molar-refractivity contribution in [3.63, 3.8) is 0 Å². The number of hydrogen-bond donors (Lipinski definition) is 1. The van der Waals surface area contributed by atoms with Gasteiger partial charge in [0, 0.05) is 31.0 Å². The highest BCUT2D eigenvalue weighted by Crippen LogP contribution is 2.44. The zero-order chi connectivity index (χ0) is 36.2. The van der Waals surface area contributed by atoms with Gasteiger partial charge >= 0.3 is 12.2 Å². The van der Waals surface area contributed by atoms with Crippen LogP contribution < -0.4 is 0 Å². The first-order valence-electron chi connectivity index (χ1n) is 18.5. The maximum absolute atomic E-state index is 13.5. The molecule has 0 radical (unpaired) electrons. The number of aryl methyl sites for hydroxylation is 2. The van der Waals surface area contributed by atoms with Gasteiger partial charge in [-0.2, -0.15) is 0 Å². The molecule has 2 saturated heterocycles. The van der Waals surface area contributed by atoms with E-state index in [1.165, 1.54) is 5.56 Å². The number of aromatic amines is 1. The van der Waals surface area contributed by atoms with Crippen molar-refractivity contribution >= 4 is 23.8 Å². The Hall–Kier alpha value is -4.47. The fourth-order valence-electron chi connectivity index (χ4n) is 8.49. The molecular weight excluding hydrogens is 644 g/mol. The van der Waals surface area contributed by atoms with Gasteiger partial charge in [0.15, 0.2) is 11.6 Å². The lowest BCUT2D eigenvalue weighted by Crippen LogP contribution is -2.50. The number of likely N-dealkylation sites (tertiary alicyclic amines) is 2. The molecule has 7 rings (SSSR count). The Morgan fingerprint density at radius 1 is 0.843 bits per heavy atom. The Labute approximate surface area is 300 Å². The van der Waals surface area contributed by atoms with Gasteiger partial charge in [-0.15, -0.1) is 0 Å². The van der Waals surface area contributed by atoms with Crippen molar-refractivity contribution in [3.8, 4) is 22.4 Å². The number of ether oxygens (including phenoxy) is 2. The van der Waals surface area contributed by atoms with E-state index in [4.69, 9.17) is 9.47 Å². The highest BCUT2D eigenvalue weighted by molar-refractivity contribution is 6.00. The largest absolute Gasteiger partial charge is 0.444 e. The van der Waals surface area contributed by atoms with Crippen molar-refractivity contribution in [2.75, 3.05) is 6.54 Å². The van der Waals surface area contributed by atoms with Crippen molar-refractivity contribution < 1.29 is 28.7 Å². The van der Waals surface area contributed by atoms with Gasteiger partial charge in [-0.3, -0.25) is 19.4 Å². The molecule has 0 spiro atoms. The van der Waals surface area contributed by atoms with E-state index in [0.717, 1.165) is 78.7 Å². The summed E-state index contributed by atoms with van der Waals surface area (Å²) >= 11 is 0. The van der Waals surface area contributed by atoms with E-state index < -0.39 is 23.3 Å². The lowest BCUT2D eigenvalue weighted by atomic mass is 9.83. The van der Waals surface area contributed by atoms with Gasteiger partial charge in [-0.25, -0.2) is 14.6 Å². The Bertz CT molecular complexity index is 1870. The van der Waals surface area contributed by atoms with Crippen LogP contribution in [0.4, 0.5) is 9.59 Å². The number of H-pyrrole nitrogens is 1. The molecule has 3 fully saturated rings. The summed E-state index contributed by atoms with van der Waals surface area (Å²) in [5.74, 6) is 0.816. The first kappa shape index (κ1) is 35.0. The molecule has 0 unspecified atom stereocenters. The van der Waals surface area contributed by atoms with Crippen molar-refractivity contribution in [2.24, 2.45) is 5.92 Å². The predicted molar refractivity (Wildman–Crippen MR) is 193 cm³/mol. The number of rotatable bonds is 7. The van der Waals surface area contributed by atoms with Crippen LogP contribution in [0.3, 0.4) is 0 Å². The van der Waals surface area contributed by atoms with Crippen molar-refractivity contribution in [1.82, 2.24) is 19.8 Å². The minimum absolute atomic E-state index is 0.0414. The van der Waals surface area contributed by atoms with Crippen LogP contribution in [0.1, 0.15) is 120 Å². The molecule has 3 aromatic rings. The molecule has 51 heavy (non-hydrogen) atoms. The van der Waals surface area contributed by atoms with E-state index >= 15 is 0 Å². The van der Waals surface area contributed by atoms with E-state index in [2.05, 4.69) is 28.2 Å². The maximum atomic E-state index is 13.5. The second kappa shape index (κ2) is 13.3. The van der Waals surface area contributed by atoms with Gasteiger partial charge < -0.3 is 14.5 Å². The number of imidazole rings is 1. The number of carbonyl (C=O) groups excluding carboxylic acids is 4. The maximum Gasteiger partial charge on any atom is 0.411 e. The number of hydrogen-bond acceptors (Lipinski definition) is 7. The van der Waals surface area contributed by atoms with Crippen LogP contribution >= 0.6 is 0 Å². The molecule has 2 aliphatic carbocycles. The van der Waals surface area contributed by atoms with Crippen LogP contribution in [0.5, 0.6) is 0 Å².